The highest BCUT2D eigenvalue weighted by Crippen LogP contribution is 2.29. The lowest BCUT2D eigenvalue weighted by atomic mass is 10.0. The van der Waals surface area contributed by atoms with Crippen LogP contribution < -0.4 is 0 Å². The second kappa shape index (κ2) is 2.69. The van der Waals surface area contributed by atoms with Crippen LogP contribution >= 0.6 is 0 Å². The molecule has 1 aromatic rings. The standard InChI is InChI=1S/C11H13/c1-2-9-7-10-5-3-4-6-11(10)8-9/h3-7,9H,2,8H2,1H3. The van der Waals surface area contributed by atoms with Crippen LogP contribution in [0, 0.1) is 12.3 Å². The summed E-state index contributed by atoms with van der Waals surface area (Å²) in [5.41, 5.74) is 2.98. The molecule has 1 aromatic carbocycles. The Balaban J connectivity index is 2.27. The van der Waals surface area contributed by atoms with Gasteiger partial charge in [0.1, 0.15) is 0 Å². The molecule has 0 heterocycles. The van der Waals surface area contributed by atoms with E-state index in [4.69, 9.17) is 0 Å². The Morgan fingerprint density at radius 3 is 2.91 bits per heavy atom. The van der Waals surface area contributed by atoms with Gasteiger partial charge < -0.3 is 0 Å². The first-order valence-electron chi connectivity index (χ1n) is 4.33. The van der Waals surface area contributed by atoms with Gasteiger partial charge in [0.05, 0.1) is 0 Å². The highest BCUT2D eigenvalue weighted by Gasteiger charge is 2.18. The zero-order valence-electron chi connectivity index (χ0n) is 6.88. The maximum absolute atomic E-state index is 2.40. The molecule has 1 aliphatic rings. The van der Waals surface area contributed by atoms with Crippen LogP contribution in [0.5, 0.6) is 0 Å². The minimum atomic E-state index is 0.799. The van der Waals surface area contributed by atoms with Crippen molar-refractivity contribution in [3.8, 4) is 0 Å². The second-order valence-electron chi connectivity index (χ2n) is 3.24. The summed E-state index contributed by atoms with van der Waals surface area (Å²) in [4.78, 5) is 0. The van der Waals surface area contributed by atoms with E-state index in [9.17, 15) is 0 Å². The number of benzene rings is 1. The molecule has 0 nitrogen and oxygen atoms in total. The van der Waals surface area contributed by atoms with E-state index in [0.717, 1.165) is 5.92 Å². The SMILES string of the molecule is CCC1[CH]c2ccccc2C1. The highest BCUT2D eigenvalue weighted by molar-refractivity contribution is 5.38. The number of rotatable bonds is 1. The molecule has 0 saturated carbocycles. The Morgan fingerprint density at radius 2 is 2.18 bits per heavy atom. The molecule has 0 fully saturated rings. The van der Waals surface area contributed by atoms with Crippen LogP contribution in [0.25, 0.3) is 0 Å². The summed E-state index contributed by atoms with van der Waals surface area (Å²) >= 11 is 0. The van der Waals surface area contributed by atoms with E-state index in [2.05, 4.69) is 37.6 Å². The van der Waals surface area contributed by atoms with Crippen LogP contribution in [0.15, 0.2) is 24.3 Å². The fourth-order valence-electron chi connectivity index (χ4n) is 1.74. The summed E-state index contributed by atoms with van der Waals surface area (Å²) in [7, 11) is 0. The Hall–Kier alpha value is -0.780. The van der Waals surface area contributed by atoms with Crippen molar-refractivity contribution >= 4 is 0 Å². The summed E-state index contributed by atoms with van der Waals surface area (Å²) in [6.07, 6.45) is 4.93. The van der Waals surface area contributed by atoms with Crippen LogP contribution in [0.1, 0.15) is 24.5 Å². The van der Waals surface area contributed by atoms with Crippen molar-refractivity contribution in [3.05, 3.63) is 41.8 Å². The van der Waals surface area contributed by atoms with Gasteiger partial charge in [0.2, 0.25) is 0 Å². The quantitative estimate of drug-likeness (QED) is 0.570. The molecule has 0 N–H and O–H groups in total. The van der Waals surface area contributed by atoms with E-state index in [1.807, 2.05) is 0 Å². The molecule has 0 heteroatoms. The Labute approximate surface area is 68.3 Å². The van der Waals surface area contributed by atoms with Crippen molar-refractivity contribution in [2.45, 2.75) is 19.8 Å². The Morgan fingerprint density at radius 1 is 1.36 bits per heavy atom. The number of fused-ring (bicyclic) bond motifs is 1. The van der Waals surface area contributed by atoms with Crippen LogP contribution in [0.3, 0.4) is 0 Å². The minimum absolute atomic E-state index is 0.799. The van der Waals surface area contributed by atoms with Crippen molar-refractivity contribution in [3.63, 3.8) is 0 Å². The second-order valence-corrected chi connectivity index (χ2v) is 3.24. The summed E-state index contributed by atoms with van der Waals surface area (Å²) in [5.74, 6) is 0.799. The zero-order valence-corrected chi connectivity index (χ0v) is 6.88. The Bertz CT molecular complexity index is 225. The predicted molar refractivity (Wildman–Crippen MR) is 47.3 cm³/mol. The van der Waals surface area contributed by atoms with Gasteiger partial charge in [0.25, 0.3) is 0 Å². The summed E-state index contributed by atoms with van der Waals surface area (Å²) < 4.78 is 0. The maximum Gasteiger partial charge on any atom is -0.00561 e. The summed E-state index contributed by atoms with van der Waals surface area (Å²) in [5, 5.41) is 0. The van der Waals surface area contributed by atoms with Crippen LogP contribution in [0.4, 0.5) is 0 Å². The average molecular weight is 145 g/mol. The van der Waals surface area contributed by atoms with Gasteiger partial charge in [0.15, 0.2) is 0 Å². The third-order valence-corrected chi connectivity index (χ3v) is 2.48. The van der Waals surface area contributed by atoms with Crippen molar-refractivity contribution < 1.29 is 0 Å². The van der Waals surface area contributed by atoms with Gasteiger partial charge in [-0.3, -0.25) is 0 Å². The largest absolute Gasteiger partial charge is 0.0651 e. The molecule has 0 amide bonds. The lowest BCUT2D eigenvalue weighted by Gasteiger charge is -2.00. The van der Waals surface area contributed by atoms with Crippen LogP contribution in [-0.4, -0.2) is 0 Å². The third-order valence-electron chi connectivity index (χ3n) is 2.48. The van der Waals surface area contributed by atoms with Gasteiger partial charge in [-0.15, -0.1) is 0 Å². The summed E-state index contributed by atoms with van der Waals surface area (Å²) in [6, 6.07) is 8.70. The fourth-order valence-corrected chi connectivity index (χ4v) is 1.74. The molecule has 1 aliphatic carbocycles. The minimum Gasteiger partial charge on any atom is -0.0651 e. The van der Waals surface area contributed by atoms with Crippen molar-refractivity contribution in [2.75, 3.05) is 0 Å². The van der Waals surface area contributed by atoms with E-state index < -0.39 is 0 Å². The molecule has 1 unspecified atom stereocenters. The third kappa shape index (κ3) is 1.18. The molecule has 11 heavy (non-hydrogen) atoms. The Kier molecular flexibility index (Phi) is 1.69. The summed E-state index contributed by atoms with van der Waals surface area (Å²) in [6.45, 7) is 2.26. The highest BCUT2D eigenvalue weighted by atomic mass is 14.2. The molecule has 2 rings (SSSR count). The average Bonchev–Trinajstić information content (AvgIpc) is 2.46. The van der Waals surface area contributed by atoms with E-state index in [-0.39, 0.29) is 0 Å². The first kappa shape index (κ1) is 6.90. The van der Waals surface area contributed by atoms with Gasteiger partial charge in [-0.05, 0) is 29.9 Å². The monoisotopic (exact) mass is 145 g/mol. The van der Waals surface area contributed by atoms with E-state index in [1.54, 1.807) is 0 Å². The topological polar surface area (TPSA) is 0 Å². The van der Waals surface area contributed by atoms with Crippen molar-refractivity contribution in [2.24, 2.45) is 5.92 Å². The molecule has 1 atom stereocenters. The lowest BCUT2D eigenvalue weighted by Crippen LogP contribution is -1.93. The van der Waals surface area contributed by atoms with Gasteiger partial charge in [0, 0.05) is 0 Å². The molecular formula is C11H13. The van der Waals surface area contributed by atoms with Crippen molar-refractivity contribution in [1.82, 2.24) is 0 Å². The van der Waals surface area contributed by atoms with Crippen LogP contribution in [0.2, 0.25) is 0 Å². The van der Waals surface area contributed by atoms with Crippen molar-refractivity contribution in [1.29, 1.82) is 0 Å². The fraction of sp³-hybridized carbons (Fsp3) is 0.364. The van der Waals surface area contributed by atoms with E-state index in [0.29, 0.717) is 0 Å². The smallest absolute Gasteiger partial charge is 0.00561 e. The first-order chi connectivity index (χ1) is 5.40. The number of hydrogen-bond donors (Lipinski definition) is 0. The molecule has 0 aliphatic heterocycles. The molecule has 0 aromatic heterocycles. The predicted octanol–water partition coefficient (Wildman–Crippen LogP) is 2.82. The molecule has 0 spiro atoms. The first-order valence-corrected chi connectivity index (χ1v) is 4.33. The molecule has 1 radical (unpaired) electrons. The van der Waals surface area contributed by atoms with Crippen LogP contribution in [-0.2, 0) is 6.42 Å². The van der Waals surface area contributed by atoms with E-state index >= 15 is 0 Å². The van der Waals surface area contributed by atoms with E-state index in [1.165, 1.54) is 24.0 Å². The molecule has 57 valence electrons. The molecular weight excluding hydrogens is 132 g/mol. The lowest BCUT2D eigenvalue weighted by molar-refractivity contribution is 0.623. The maximum atomic E-state index is 2.40. The normalized spacial score (nSPS) is 16.8. The van der Waals surface area contributed by atoms with Gasteiger partial charge in [-0.1, -0.05) is 37.6 Å². The van der Waals surface area contributed by atoms with Gasteiger partial charge >= 0.3 is 0 Å². The van der Waals surface area contributed by atoms with Gasteiger partial charge in [-0.2, -0.15) is 0 Å². The molecule has 0 bridgehead atoms. The molecule has 0 saturated heterocycles. The zero-order chi connectivity index (χ0) is 7.68. The number of hydrogen-bond acceptors (Lipinski definition) is 0. The van der Waals surface area contributed by atoms with Gasteiger partial charge in [-0.25, -0.2) is 0 Å².